The number of carbonyl (C=O) groups is 1. The van der Waals surface area contributed by atoms with Gasteiger partial charge in [0.15, 0.2) is 15.0 Å². The SMILES string of the molecule is CC(C)S(=O)(=O)c1ccc(CC(=O)Nc2nc(-c3ccc(Oc4ccccc4)cc3)cs2)cc1. The Morgan fingerprint density at radius 2 is 1.59 bits per heavy atom. The Morgan fingerprint density at radius 1 is 0.941 bits per heavy atom. The first kappa shape index (κ1) is 23.7. The Labute approximate surface area is 203 Å². The first-order valence-electron chi connectivity index (χ1n) is 10.7. The second kappa shape index (κ2) is 10.2. The van der Waals surface area contributed by atoms with Crippen LogP contribution in [0.5, 0.6) is 11.5 Å². The van der Waals surface area contributed by atoms with Crippen molar-refractivity contribution in [2.45, 2.75) is 30.4 Å². The van der Waals surface area contributed by atoms with Gasteiger partial charge in [-0.3, -0.25) is 4.79 Å². The molecule has 3 aromatic carbocycles. The van der Waals surface area contributed by atoms with Crippen LogP contribution >= 0.6 is 11.3 Å². The molecule has 0 spiro atoms. The molecule has 0 saturated heterocycles. The number of para-hydroxylation sites is 1. The number of carbonyl (C=O) groups excluding carboxylic acids is 1. The minimum Gasteiger partial charge on any atom is -0.457 e. The van der Waals surface area contributed by atoms with Gasteiger partial charge in [0, 0.05) is 10.9 Å². The lowest BCUT2D eigenvalue weighted by atomic mass is 10.1. The summed E-state index contributed by atoms with van der Waals surface area (Å²) in [5, 5.41) is 4.71. The van der Waals surface area contributed by atoms with Crippen LogP contribution in [0, 0.1) is 0 Å². The number of aromatic nitrogens is 1. The zero-order valence-corrected chi connectivity index (χ0v) is 20.4. The summed E-state index contributed by atoms with van der Waals surface area (Å²) in [6.45, 7) is 3.29. The van der Waals surface area contributed by atoms with Crippen molar-refractivity contribution >= 4 is 32.2 Å². The van der Waals surface area contributed by atoms with Crippen LogP contribution in [-0.4, -0.2) is 24.6 Å². The van der Waals surface area contributed by atoms with Gasteiger partial charge in [0.1, 0.15) is 11.5 Å². The second-order valence-electron chi connectivity index (χ2n) is 7.94. The average Bonchev–Trinajstić information content (AvgIpc) is 3.28. The molecule has 0 atom stereocenters. The molecule has 6 nitrogen and oxygen atoms in total. The van der Waals surface area contributed by atoms with Crippen LogP contribution in [0.2, 0.25) is 0 Å². The Morgan fingerprint density at radius 3 is 2.24 bits per heavy atom. The van der Waals surface area contributed by atoms with E-state index in [1.54, 1.807) is 38.1 Å². The van der Waals surface area contributed by atoms with Gasteiger partial charge < -0.3 is 10.1 Å². The molecule has 0 radical (unpaired) electrons. The molecule has 8 heteroatoms. The molecule has 4 aromatic rings. The average molecular weight is 493 g/mol. The number of nitrogens with zero attached hydrogens (tertiary/aromatic N) is 1. The summed E-state index contributed by atoms with van der Waals surface area (Å²) in [6, 6.07) is 23.6. The zero-order chi connectivity index (χ0) is 24.1. The molecule has 0 bridgehead atoms. The summed E-state index contributed by atoms with van der Waals surface area (Å²) in [6.07, 6.45) is 0.127. The van der Waals surface area contributed by atoms with E-state index in [0.29, 0.717) is 5.13 Å². The number of nitrogens with one attached hydrogen (secondary N) is 1. The van der Waals surface area contributed by atoms with Gasteiger partial charge in [0.25, 0.3) is 0 Å². The number of amides is 1. The molecule has 34 heavy (non-hydrogen) atoms. The molecule has 1 amide bonds. The fraction of sp³-hybridized carbons (Fsp3) is 0.154. The van der Waals surface area contributed by atoms with Crippen LogP contribution in [-0.2, 0) is 21.1 Å². The van der Waals surface area contributed by atoms with Crippen LogP contribution in [0.1, 0.15) is 19.4 Å². The van der Waals surface area contributed by atoms with E-state index >= 15 is 0 Å². The lowest BCUT2D eigenvalue weighted by Gasteiger charge is -2.08. The zero-order valence-electron chi connectivity index (χ0n) is 18.8. The Balaban J connectivity index is 1.36. The van der Waals surface area contributed by atoms with Gasteiger partial charge in [-0.15, -0.1) is 11.3 Å². The molecular weight excluding hydrogens is 468 g/mol. The minimum absolute atomic E-state index is 0.127. The van der Waals surface area contributed by atoms with Gasteiger partial charge in [-0.05, 0) is 67.9 Å². The summed E-state index contributed by atoms with van der Waals surface area (Å²) in [5.74, 6) is 1.28. The molecule has 0 aliphatic heterocycles. The van der Waals surface area contributed by atoms with E-state index in [1.807, 2.05) is 60.0 Å². The van der Waals surface area contributed by atoms with E-state index in [0.717, 1.165) is 28.3 Å². The predicted molar refractivity (Wildman–Crippen MR) is 135 cm³/mol. The number of rotatable bonds is 8. The van der Waals surface area contributed by atoms with Crippen molar-refractivity contribution in [2.24, 2.45) is 0 Å². The maximum atomic E-state index is 12.5. The van der Waals surface area contributed by atoms with Crippen molar-refractivity contribution in [3.63, 3.8) is 0 Å². The molecule has 0 saturated carbocycles. The van der Waals surface area contributed by atoms with Crippen LogP contribution in [0.3, 0.4) is 0 Å². The number of ether oxygens (including phenoxy) is 1. The number of anilines is 1. The number of hydrogen-bond donors (Lipinski definition) is 1. The third kappa shape index (κ3) is 5.70. The van der Waals surface area contributed by atoms with E-state index in [1.165, 1.54) is 11.3 Å². The number of hydrogen-bond acceptors (Lipinski definition) is 6. The monoisotopic (exact) mass is 492 g/mol. The maximum absolute atomic E-state index is 12.5. The van der Waals surface area contributed by atoms with Crippen LogP contribution in [0.15, 0.2) is 89.1 Å². The highest BCUT2D eigenvalue weighted by Gasteiger charge is 2.19. The van der Waals surface area contributed by atoms with Gasteiger partial charge in [0.05, 0.1) is 22.3 Å². The van der Waals surface area contributed by atoms with Crippen LogP contribution in [0.25, 0.3) is 11.3 Å². The summed E-state index contributed by atoms with van der Waals surface area (Å²) in [4.78, 5) is 17.2. The van der Waals surface area contributed by atoms with Gasteiger partial charge in [-0.25, -0.2) is 13.4 Å². The summed E-state index contributed by atoms with van der Waals surface area (Å²) in [7, 11) is -3.33. The van der Waals surface area contributed by atoms with Crippen LogP contribution in [0.4, 0.5) is 5.13 Å². The lowest BCUT2D eigenvalue weighted by molar-refractivity contribution is -0.115. The molecule has 1 aromatic heterocycles. The normalized spacial score (nSPS) is 11.4. The highest BCUT2D eigenvalue weighted by molar-refractivity contribution is 7.92. The van der Waals surface area contributed by atoms with Gasteiger partial charge in [0.2, 0.25) is 5.91 Å². The topological polar surface area (TPSA) is 85.4 Å². The summed E-state index contributed by atoms with van der Waals surface area (Å²) in [5.41, 5.74) is 2.40. The van der Waals surface area contributed by atoms with Gasteiger partial charge in [-0.1, -0.05) is 30.3 Å². The van der Waals surface area contributed by atoms with Crippen LogP contribution < -0.4 is 10.1 Å². The Kier molecular flexibility index (Phi) is 7.09. The molecule has 174 valence electrons. The molecule has 0 unspecified atom stereocenters. The first-order chi connectivity index (χ1) is 16.3. The molecular formula is C26H24N2O4S2. The van der Waals surface area contributed by atoms with Gasteiger partial charge >= 0.3 is 0 Å². The molecule has 0 aliphatic rings. The quantitative estimate of drug-likeness (QED) is 0.328. The smallest absolute Gasteiger partial charge is 0.230 e. The highest BCUT2D eigenvalue weighted by atomic mass is 32.2. The maximum Gasteiger partial charge on any atom is 0.230 e. The lowest BCUT2D eigenvalue weighted by Crippen LogP contribution is -2.15. The second-order valence-corrected chi connectivity index (χ2v) is 11.3. The summed E-state index contributed by atoms with van der Waals surface area (Å²) >= 11 is 1.35. The van der Waals surface area contributed by atoms with Crippen molar-refractivity contribution < 1.29 is 17.9 Å². The Bertz CT molecular complexity index is 1360. The van der Waals surface area contributed by atoms with Gasteiger partial charge in [-0.2, -0.15) is 0 Å². The fourth-order valence-electron chi connectivity index (χ4n) is 3.20. The Hall–Kier alpha value is -3.49. The number of sulfone groups is 1. The molecule has 0 aliphatic carbocycles. The van der Waals surface area contributed by atoms with E-state index in [4.69, 9.17) is 4.74 Å². The standard InChI is InChI=1S/C26H24N2O4S2/c1-18(2)34(30,31)23-14-8-19(9-15-23)16-25(29)28-26-27-24(17-33-26)20-10-12-22(13-11-20)32-21-6-4-3-5-7-21/h3-15,17-18H,16H2,1-2H3,(H,27,28,29). The third-order valence-electron chi connectivity index (χ3n) is 5.12. The summed E-state index contributed by atoms with van der Waals surface area (Å²) < 4.78 is 30.3. The highest BCUT2D eigenvalue weighted by Crippen LogP contribution is 2.28. The molecule has 0 fully saturated rings. The molecule has 1 N–H and O–H groups in total. The van der Waals surface area contributed by atoms with Crippen molar-refractivity contribution in [2.75, 3.05) is 5.32 Å². The number of benzene rings is 3. The first-order valence-corrected chi connectivity index (χ1v) is 13.2. The fourth-order valence-corrected chi connectivity index (χ4v) is 5.00. The minimum atomic E-state index is -3.33. The van der Waals surface area contributed by atoms with Crippen molar-refractivity contribution in [1.29, 1.82) is 0 Å². The van der Waals surface area contributed by atoms with E-state index in [2.05, 4.69) is 10.3 Å². The number of thiazole rings is 1. The van der Waals surface area contributed by atoms with Crippen molar-refractivity contribution in [3.05, 3.63) is 89.8 Å². The predicted octanol–water partition coefficient (Wildman–Crippen LogP) is 5.97. The van der Waals surface area contributed by atoms with Crippen molar-refractivity contribution in [1.82, 2.24) is 4.98 Å². The largest absolute Gasteiger partial charge is 0.457 e. The van der Waals surface area contributed by atoms with E-state index in [9.17, 15) is 13.2 Å². The molecule has 4 rings (SSSR count). The van der Waals surface area contributed by atoms with Crippen molar-refractivity contribution in [3.8, 4) is 22.8 Å². The van der Waals surface area contributed by atoms with E-state index in [-0.39, 0.29) is 17.2 Å². The molecule has 1 heterocycles. The third-order valence-corrected chi connectivity index (χ3v) is 8.04. The van der Waals surface area contributed by atoms with E-state index < -0.39 is 15.1 Å².